The lowest BCUT2D eigenvalue weighted by Gasteiger charge is -2.31. The Morgan fingerprint density at radius 3 is 2.64 bits per heavy atom. The maximum atomic E-state index is 12.8. The lowest BCUT2D eigenvalue weighted by molar-refractivity contribution is 0.313. The van der Waals surface area contributed by atoms with Crippen molar-refractivity contribution in [2.75, 3.05) is 11.1 Å². The summed E-state index contributed by atoms with van der Waals surface area (Å²) in [5.41, 5.74) is 7.97. The van der Waals surface area contributed by atoms with E-state index in [-0.39, 0.29) is 11.6 Å². The van der Waals surface area contributed by atoms with Gasteiger partial charge in [-0.2, -0.15) is 4.98 Å². The SMILES string of the molecule is Cc1c(N)c2cnc(N[C@@H]3CCCC[C@@H]3C)nc2n(C2CCC2)c1=O. The Kier molecular flexibility index (Phi) is 4.13. The van der Waals surface area contributed by atoms with E-state index in [0.717, 1.165) is 31.1 Å². The zero-order valence-corrected chi connectivity index (χ0v) is 15.1. The van der Waals surface area contributed by atoms with Gasteiger partial charge in [0.2, 0.25) is 5.95 Å². The van der Waals surface area contributed by atoms with E-state index in [9.17, 15) is 4.79 Å². The van der Waals surface area contributed by atoms with Gasteiger partial charge >= 0.3 is 0 Å². The maximum absolute atomic E-state index is 12.8. The standard InChI is InChI=1S/C19H27N5O/c1-11-6-3-4-9-15(11)22-19-21-10-14-16(20)12(2)18(25)24(17(14)23-19)13-7-5-8-13/h10-11,13,15H,3-9,20H2,1-2H3,(H,21,22,23)/t11-,15+/m0/s1. The fraction of sp³-hybridized carbons (Fsp3) is 0.632. The van der Waals surface area contributed by atoms with E-state index < -0.39 is 0 Å². The lowest BCUT2D eigenvalue weighted by Crippen LogP contribution is -2.33. The number of aromatic nitrogens is 3. The second-order valence-electron chi connectivity index (χ2n) is 7.74. The number of pyridine rings is 1. The molecule has 2 aromatic heterocycles. The Labute approximate surface area is 147 Å². The summed E-state index contributed by atoms with van der Waals surface area (Å²) in [6, 6.07) is 0.642. The van der Waals surface area contributed by atoms with Crippen LogP contribution in [-0.4, -0.2) is 20.6 Å². The van der Waals surface area contributed by atoms with Crippen molar-refractivity contribution in [3.05, 3.63) is 22.1 Å². The number of nitrogens with two attached hydrogens (primary N) is 1. The van der Waals surface area contributed by atoms with Crippen molar-refractivity contribution in [3.8, 4) is 0 Å². The molecule has 0 bridgehead atoms. The second-order valence-corrected chi connectivity index (χ2v) is 7.74. The highest BCUT2D eigenvalue weighted by atomic mass is 16.1. The van der Waals surface area contributed by atoms with Gasteiger partial charge in [-0.25, -0.2) is 4.98 Å². The molecule has 3 N–H and O–H groups in total. The molecular weight excluding hydrogens is 314 g/mol. The highest BCUT2D eigenvalue weighted by Gasteiger charge is 2.26. The summed E-state index contributed by atoms with van der Waals surface area (Å²) in [6.07, 6.45) is 9.93. The molecule has 2 heterocycles. The first-order chi connectivity index (χ1) is 12.1. The summed E-state index contributed by atoms with van der Waals surface area (Å²) < 4.78 is 1.85. The fourth-order valence-corrected chi connectivity index (χ4v) is 4.09. The summed E-state index contributed by atoms with van der Waals surface area (Å²) in [6.45, 7) is 4.08. The predicted molar refractivity (Wildman–Crippen MR) is 101 cm³/mol. The van der Waals surface area contributed by atoms with Crippen molar-refractivity contribution in [2.45, 2.75) is 70.9 Å². The molecular formula is C19H27N5O. The van der Waals surface area contributed by atoms with Crippen LogP contribution in [0.4, 0.5) is 11.6 Å². The quantitative estimate of drug-likeness (QED) is 0.893. The van der Waals surface area contributed by atoms with Crippen LogP contribution in [0.1, 0.15) is 63.5 Å². The number of hydrogen-bond donors (Lipinski definition) is 2. The summed E-state index contributed by atoms with van der Waals surface area (Å²) >= 11 is 0. The van der Waals surface area contributed by atoms with Gasteiger partial charge in [-0.3, -0.25) is 9.36 Å². The molecule has 2 aliphatic carbocycles. The van der Waals surface area contributed by atoms with Crippen molar-refractivity contribution in [3.63, 3.8) is 0 Å². The third-order valence-corrected chi connectivity index (χ3v) is 6.10. The minimum absolute atomic E-state index is 0.00890. The highest BCUT2D eigenvalue weighted by Crippen LogP contribution is 2.34. The van der Waals surface area contributed by atoms with E-state index in [1.165, 1.54) is 19.3 Å². The minimum Gasteiger partial charge on any atom is -0.398 e. The van der Waals surface area contributed by atoms with Gasteiger partial charge in [0, 0.05) is 23.8 Å². The van der Waals surface area contributed by atoms with Crippen LogP contribution in [0.15, 0.2) is 11.0 Å². The van der Waals surface area contributed by atoms with Crippen LogP contribution >= 0.6 is 0 Å². The number of hydrogen-bond acceptors (Lipinski definition) is 5. The normalized spacial score (nSPS) is 24.2. The van der Waals surface area contributed by atoms with Gasteiger partial charge in [0.25, 0.3) is 5.56 Å². The minimum atomic E-state index is -0.00890. The molecule has 0 aromatic carbocycles. The summed E-state index contributed by atoms with van der Waals surface area (Å²) in [5, 5.41) is 4.28. The first kappa shape index (κ1) is 16.4. The van der Waals surface area contributed by atoms with Crippen molar-refractivity contribution in [1.29, 1.82) is 0 Å². The molecule has 6 nitrogen and oxygen atoms in total. The molecule has 4 rings (SSSR count). The zero-order chi connectivity index (χ0) is 17.6. The smallest absolute Gasteiger partial charge is 0.257 e. The molecule has 0 aliphatic heterocycles. The first-order valence-electron chi connectivity index (χ1n) is 9.50. The number of anilines is 2. The van der Waals surface area contributed by atoms with Gasteiger partial charge in [0.15, 0.2) is 5.65 Å². The number of nitrogens with one attached hydrogen (secondary N) is 1. The molecule has 0 unspecified atom stereocenters. The van der Waals surface area contributed by atoms with Gasteiger partial charge in [0.1, 0.15) is 0 Å². The van der Waals surface area contributed by atoms with Crippen molar-refractivity contribution >= 4 is 22.7 Å². The van der Waals surface area contributed by atoms with Crippen LogP contribution in [0.3, 0.4) is 0 Å². The number of fused-ring (bicyclic) bond motifs is 1. The number of nitrogens with zero attached hydrogens (tertiary/aromatic N) is 3. The van der Waals surface area contributed by atoms with Crippen molar-refractivity contribution < 1.29 is 0 Å². The zero-order valence-electron chi connectivity index (χ0n) is 15.1. The number of rotatable bonds is 3. The third-order valence-electron chi connectivity index (χ3n) is 6.10. The lowest BCUT2D eigenvalue weighted by atomic mass is 9.86. The number of nitrogen functional groups attached to an aromatic ring is 1. The third kappa shape index (κ3) is 2.77. The molecule has 2 saturated carbocycles. The molecule has 0 saturated heterocycles. The molecule has 2 fully saturated rings. The molecule has 134 valence electrons. The predicted octanol–water partition coefficient (Wildman–Crippen LogP) is 3.40. The van der Waals surface area contributed by atoms with Gasteiger partial charge in [-0.1, -0.05) is 19.8 Å². The highest BCUT2D eigenvalue weighted by molar-refractivity contribution is 5.89. The van der Waals surface area contributed by atoms with E-state index in [0.29, 0.717) is 34.8 Å². The molecule has 0 amide bonds. The summed E-state index contributed by atoms with van der Waals surface area (Å²) in [7, 11) is 0. The van der Waals surface area contributed by atoms with Crippen molar-refractivity contribution in [2.24, 2.45) is 5.92 Å². The van der Waals surface area contributed by atoms with Gasteiger partial charge in [-0.15, -0.1) is 0 Å². The largest absolute Gasteiger partial charge is 0.398 e. The summed E-state index contributed by atoms with van der Waals surface area (Å²) in [4.78, 5) is 22.0. The van der Waals surface area contributed by atoms with Crippen LogP contribution < -0.4 is 16.6 Å². The monoisotopic (exact) mass is 341 g/mol. The molecule has 0 radical (unpaired) electrons. The van der Waals surface area contributed by atoms with Crippen molar-refractivity contribution in [1.82, 2.24) is 14.5 Å². The Balaban J connectivity index is 1.78. The molecule has 6 heteroatoms. The van der Waals surface area contributed by atoms with Gasteiger partial charge in [-0.05, 0) is 44.9 Å². The van der Waals surface area contributed by atoms with E-state index >= 15 is 0 Å². The van der Waals surface area contributed by atoms with Gasteiger partial charge < -0.3 is 11.1 Å². The van der Waals surface area contributed by atoms with E-state index in [1.54, 1.807) is 13.1 Å². The topological polar surface area (TPSA) is 85.8 Å². The van der Waals surface area contributed by atoms with Crippen LogP contribution in [0, 0.1) is 12.8 Å². The van der Waals surface area contributed by atoms with Crippen LogP contribution in [0.25, 0.3) is 11.0 Å². The Morgan fingerprint density at radius 1 is 1.20 bits per heavy atom. The maximum Gasteiger partial charge on any atom is 0.257 e. The van der Waals surface area contributed by atoms with Crippen LogP contribution in [0.2, 0.25) is 0 Å². The Morgan fingerprint density at radius 2 is 1.96 bits per heavy atom. The van der Waals surface area contributed by atoms with E-state index in [4.69, 9.17) is 10.7 Å². The first-order valence-corrected chi connectivity index (χ1v) is 9.50. The average Bonchev–Trinajstić information content (AvgIpc) is 2.57. The Bertz CT molecular complexity index is 855. The van der Waals surface area contributed by atoms with Gasteiger partial charge in [0.05, 0.1) is 11.1 Å². The average molecular weight is 341 g/mol. The summed E-state index contributed by atoms with van der Waals surface area (Å²) in [5.74, 6) is 1.23. The molecule has 25 heavy (non-hydrogen) atoms. The Hall–Kier alpha value is -2.11. The van der Waals surface area contributed by atoms with E-state index in [1.807, 2.05) is 4.57 Å². The fourth-order valence-electron chi connectivity index (χ4n) is 4.09. The molecule has 0 spiro atoms. The van der Waals surface area contributed by atoms with Crippen LogP contribution in [0.5, 0.6) is 0 Å². The van der Waals surface area contributed by atoms with Crippen LogP contribution in [-0.2, 0) is 0 Å². The molecule has 2 atom stereocenters. The molecule has 2 aromatic rings. The molecule has 2 aliphatic rings. The van der Waals surface area contributed by atoms with E-state index in [2.05, 4.69) is 17.2 Å². The second kappa shape index (κ2) is 6.32.